The van der Waals surface area contributed by atoms with Crippen molar-refractivity contribution in [1.29, 1.82) is 0 Å². The predicted octanol–water partition coefficient (Wildman–Crippen LogP) is 1.78. The lowest BCUT2D eigenvalue weighted by atomic mass is 9.73. The number of aromatic hydroxyl groups is 1. The number of carbonyl (C=O) groups excluding carboxylic acids is 1. The van der Waals surface area contributed by atoms with E-state index < -0.39 is 12.0 Å². The van der Waals surface area contributed by atoms with Crippen LogP contribution in [0.25, 0.3) is 6.08 Å². The van der Waals surface area contributed by atoms with Crippen molar-refractivity contribution < 1.29 is 24.5 Å². The van der Waals surface area contributed by atoms with Crippen LogP contribution < -0.4 is 4.74 Å². The largest absolute Gasteiger partial charge is 0.504 e. The number of piperidine rings is 3. The fourth-order valence-corrected chi connectivity index (χ4v) is 3.71. The molecule has 6 nitrogen and oxygen atoms in total. The Bertz CT molecular complexity index is 684. The minimum atomic E-state index is -0.794. The Morgan fingerprint density at radius 3 is 2.79 bits per heavy atom. The van der Waals surface area contributed by atoms with Crippen molar-refractivity contribution in [2.24, 2.45) is 11.8 Å². The highest BCUT2D eigenvalue weighted by atomic mass is 16.5. The van der Waals surface area contributed by atoms with Crippen LogP contribution in [0.5, 0.6) is 11.5 Å². The molecule has 24 heavy (non-hydrogen) atoms. The first-order valence-electron chi connectivity index (χ1n) is 8.05. The number of rotatable bonds is 5. The lowest BCUT2D eigenvalue weighted by Gasteiger charge is -2.47. The lowest BCUT2D eigenvalue weighted by molar-refractivity contribution is -0.151. The third-order valence-electron chi connectivity index (χ3n) is 5.05. The van der Waals surface area contributed by atoms with Gasteiger partial charge in [0.2, 0.25) is 0 Å². The Morgan fingerprint density at radius 1 is 1.38 bits per heavy atom. The van der Waals surface area contributed by atoms with Crippen molar-refractivity contribution in [3.05, 3.63) is 29.8 Å². The van der Waals surface area contributed by atoms with Gasteiger partial charge in [0.1, 0.15) is 6.04 Å². The Kier molecular flexibility index (Phi) is 4.57. The van der Waals surface area contributed by atoms with Gasteiger partial charge in [0, 0.05) is 12.5 Å². The number of fused-ring (bicyclic) bond motifs is 3. The number of methoxy groups -OCH3 is 1. The number of ether oxygens (including phenoxy) is 1. The summed E-state index contributed by atoms with van der Waals surface area (Å²) in [6, 6.07) is 4.45. The molecule has 0 amide bonds. The van der Waals surface area contributed by atoms with Crippen LogP contribution in [-0.2, 0) is 9.59 Å². The molecule has 3 fully saturated rings. The monoisotopic (exact) mass is 331 g/mol. The van der Waals surface area contributed by atoms with Gasteiger partial charge in [-0.15, -0.1) is 0 Å². The summed E-state index contributed by atoms with van der Waals surface area (Å²) in [7, 11) is 1.47. The number of hydrogen-bond acceptors (Lipinski definition) is 5. The van der Waals surface area contributed by atoms with Gasteiger partial charge in [-0.1, -0.05) is 12.1 Å². The highest BCUT2D eigenvalue weighted by Crippen LogP contribution is 2.37. The van der Waals surface area contributed by atoms with E-state index in [9.17, 15) is 19.8 Å². The Morgan fingerprint density at radius 2 is 2.17 bits per heavy atom. The van der Waals surface area contributed by atoms with Gasteiger partial charge in [-0.2, -0.15) is 0 Å². The first-order valence-corrected chi connectivity index (χ1v) is 8.05. The van der Waals surface area contributed by atoms with Gasteiger partial charge in [-0.25, -0.2) is 0 Å². The summed E-state index contributed by atoms with van der Waals surface area (Å²) in [6.45, 7) is 1.27. The number of phenols is 1. The van der Waals surface area contributed by atoms with Crippen molar-refractivity contribution in [2.45, 2.75) is 18.9 Å². The first kappa shape index (κ1) is 16.5. The summed E-state index contributed by atoms with van der Waals surface area (Å²) >= 11 is 0. The van der Waals surface area contributed by atoms with E-state index in [1.807, 2.05) is 4.90 Å². The molecule has 6 heteroatoms. The number of nitrogens with zero attached hydrogens (tertiary/aromatic N) is 1. The van der Waals surface area contributed by atoms with E-state index in [1.54, 1.807) is 24.3 Å². The SMILES string of the molecule is COc1cc(/C=C/C(=O)C2CN3CCC2CC3C(=O)O)ccc1O. The maximum absolute atomic E-state index is 12.5. The van der Waals surface area contributed by atoms with Crippen LogP contribution in [0.1, 0.15) is 18.4 Å². The van der Waals surface area contributed by atoms with Gasteiger partial charge in [-0.3, -0.25) is 14.5 Å². The zero-order valence-electron chi connectivity index (χ0n) is 13.5. The van der Waals surface area contributed by atoms with Crippen molar-refractivity contribution >= 4 is 17.8 Å². The number of carboxylic acids is 1. The Labute approximate surface area is 140 Å². The van der Waals surface area contributed by atoms with E-state index in [4.69, 9.17) is 4.74 Å². The summed E-state index contributed by atoms with van der Waals surface area (Å²) in [4.78, 5) is 25.7. The molecule has 3 heterocycles. The maximum Gasteiger partial charge on any atom is 0.320 e. The minimum Gasteiger partial charge on any atom is -0.504 e. The van der Waals surface area contributed by atoms with Gasteiger partial charge in [0.05, 0.1) is 7.11 Å². The average molecular weight is 331 g/mol. The molecule has 3 aliphatic heterocycles. The van der Waals surface area contributed by atoms with Gasteiger partial charge >= 0.3 is 5.97 Å². The molecule has 1 aromatic carbocycles. The van der Waals surface area contributed by atoms with E-state index in [1.165, 1.54) is 13.2 Å². The Balaban J connectivity index is 1.69. The maximum atomic E-state index is 12.5. The number of aliphatic carboxylic acids is 1. The number of benzene rings is 1. The highest BCUT2D eigenvalue weighted by molar-refractivity contribution is 5.96. The second-order valence-electron chi connectivity index (χ2n) is 6.41. The number of ketones is 1. The molecule has 2 N–H and O–H groups in total. The molecule has 4 rings (SSSR count). The van der Waals surface area contributed by atoms with Crippen molar-refractivity contribution in [3.63, 3.8) is 0 Å². The van der Waals surface area contributed by atoms with Gasteiger partial charge in [0.15, 0.2) is 17.3 Å². The van der Waals surface area contributed by atoms with Crippen LogP contribution in [-0.4, -0.2) is 53.1 Å². The number of phenolic OH excluding ortho intramolecular Hbond substituents is 1. The summed E-state index contributed by atoms with van der Waals surface area (Å²) < 4.78 is 5.05. The molecule has 0 saturated carbocycles. The molecule has 4 unspecified atom stereocenters. The second kappa shape index (κ2) is 6.65. The smallest absolute Gasteiger partial charge is 0.320 e. The van der Waals surface area contributed by atoms with E-state index in [0.717, 1.165) is 18.5 Å². The molecule has 0 aromatic heterocycles. The molecule has 0 radical (unpaired) electrons. The van der Waals surface area contributed by atoms with Crippen LogP contribution in [0.15, 0.2) is 24.3 Å². The predicted molar refractivity (Wildman–Crippen MR) is 87.9 cm³/mol. The van der Waals surface area contributed by atoms with Gasteiger partial charge < -0.3 is 14.9 Å². The highest BCUT2D eigenvalue weighted by Gasteiger charge is 2.44. The fraction of sp³-hybridized carbons (Fsp3) is 0.444. The van der Waals surface area contributed by atoms with Crippen LogP contribution in [0.2, 0.25) is 0 Å². The quantitative estimate of drug-likeness (QED) is 0.800. The molecule has 3 aliphatic rings. The third kappa shape index (κ3) is 3.14. The van der Waals surface area contributed by atoms with Gasteiger partial charge in [0.25, 0.3) is 0 Å². The molecule has 1 aromatic rings. The Hall–Kier alpha value is -2.34. The van der Waals surface area contributed by atoms with E-state index in [0.29, 0.717) is 18.7 Å². The summed E-state index contributed by atoms with van der Waals surface area (Å²) in [5, 5.41) is 18.8. The molecule has 128 valence electrons. The average Bonchev–Trinajstić information content (AvgIpc) is 2.60. The van der Waals surface area contributed by atoms with Crippen LogP contribution in [0.4, 0.5) is 0 Å². The lowest BCUT2D eigenvalue weighted by Crippen LogP contribution is -2.57. The van der Waals surface area contributed by atoms with Crippen molar-refractivity contribution in [1.82, 2.24) is 4.90 Å². The molecular weight excluding hydrogens is 310 g/mol. The molecule has 0 spiro atoms. The molecule has 0 aliphatic carbocycles. The fourth-order valence-electron chi connectivity index (χ4n) is 3.71. The van der Waals surface area contributed by atoms with Gasteiger partial charge in [-0.05, 0) is 49.1 Å². The third-order valence-corrected chi connectivity index (χ3v) is 5.05. The number of carboxylic acid groups (broad SMARTS) is 1. The topological polar surface area (TPSA) is 87.1 Å². The summed E-state index contributed by atoms with van der Waals surface area (Å²) in [5.41, 5.74) is 0.766. The number of carbonyl (C=O) groups is 2. The summed E-state index contributed by atoms with van der Waals surface area (Å²) in [5.74, 6) is -0.347. The molecule has 4 atom stereocenters. The van der Waals surface area contributed by atoms with Crippen molar-refractivity contribution in [3.8, 4) is 11.5 Å². The standard InChI is InChI=1S/C18H21NO5/c1-24-17-8-11(3-5-16(17)21)2-4-15(20)13-10-19-7-6-12(13)9-14(19)18(22)23/h2-5,8,12-14,21H,6-7,9-10H2,1H3,(H,22,23)/b4-2+. The van der Waals surface area contributed by atoms with E-state index in [2.05, 4.69) is 0 Å². The first-order chi connectivity index (χ1) is 11.5. The summed E-state index contributed by atoms with van der Waals surface area (Å²) in [6.07, 6.45) is 4.68. The normalized spacial score (nSPS) is 28.9. The van der Waals surface area contributed by atoms with Crippen LogP contribution in [0.3, 0.4) is 0 Å². The van der Waals surface area contributed by atoms with E-state index >= 15 is 0 Å². The minimum absolute atomic E-state index is 0.0283. The van der Waals surface area contributed by atoms with E-state index in [-0.39, 0.29) is 23.4 Å². The number of hydrogen-bond donors (Lipinski definition) is 2. The number of allylic oxidation sites excluding steroid dienone is 1. The second-order valence-corrected chi connectivity index (χ2v) is 6.41. The van der Waals surface area contributed by atoms with Crippen LogP contribution in [0, 0.1) is 11.8 Å². The zero-order valence-corrected chi connectivity index (χ0v) is 13.5. The zero-order chi connectivity index (χ0) is 17.3. The van der Waals surface area contributed by atoms with Crippen LogP contribution >= 0.6 is 0 Å². The van der Waals surface area contributed by atoms with Crippen molar-refractivity contribution in [2.75, 3.05) is 20.2 Å². The molecule has 2 bridgehead atoms. The molecular formula is C18H21NO5. The molecule has 3 saturated heterocycles.